The molecule has 1 fully saturated rings. The van der Waals surface area contributed by atoms with E-state index in [9.17, 15) is 18.4 Å². The molecule has 2 heterocycles. The highest BCUT2D eigenvalue weighted by atomic mass is 19.1. The van der Waals surface area contributed by atoms with Crippen LogP contribution in [0, 0.1) is 17.6 Å². The first-order valence-electron chi connectivity index (χ1n) is 9.39. The highest BCUT2D eigenvalue weighted by molar-refractivity contribution is 5.94. The van der Waals surface area contributed by atoms with Crippen LogP contribution in [-0.4, -0.2) is 40.0 Å². The standard InChI is InChI=1S/C20H23F2N3O4/c1-20(2,3)19-23-16(29-24-19)11-28-18(27)12-6-8-25(9-7-12)17(26)14-5-4-13(21)10-15(14)22/h4-5,10,12H,6-9,11H2,1-3H3. The largest absolute Gasteiger partial charge is 0.455 e. The summed E-state index contributed by atoms with van der Waals surface area (Å²) in [5, 5.41) is 3.87. The topological polar surface area (TPSA) is 85.5 Å². The van der Waals surface area contributed by atoms with E-state index in [-0.39, 0.29) is 42.5 Å². The number of carbonyl (C=O) groups is 2. The molecular weight excluding hydrogens is 384 g/mol. The number of ether oxygens (including phenoxy) is 1. The lowest BCUT2D eigenvalue weighted by atomic mass is 9.96. The molecule has 1 aliphatic heterocycles. The molecule has 0 N–H and O–H groups in total. The van der Waals surface area contributed by atoms with Crippen LogP contribution in [-0.2, 0) is 21.6 Å². The van der Waals surface area contributed by atoms with E-state index in [0.29, 0.717) is 24.7 Å². The van der Waals surface area contributed by atoms with Gasteiger partial charge in [-0.1, -0.05) is 25.9 Å². The predicted octanol–water partition coefficient (Wildman–Crippen LogP) is 3.24. The lowest BCUT2D eigenvalue weighted by Crippen LogP contribution is -2.41. The molecule has 1 saturated heterocycles. The molecule has 1 aromatic heterocycles. The molecular formula is C20H23F2N3O4. The molecule has 3 rings (SSSR count). The van der Waals surface area contributed by atoms with Crippen LogP contribution in [0.3, 0.4) is 0 Å². The summed E-state index contributed by atoms with van der Waals surface area (Å²) in [4.78, 5) is 30.4. The van der Waals surface area contributed by atoms with Crippen LogP contribution in [0.5, 0.6) is 0 Å². The maximum atomic E-state index is 13.8. The molecule has 0 bridgehead atoms. The van der Waals surface area contributed by atoms with Gasteiger partial charge in [0, 0.05) is 24.6 Å². The van der Waals surface area contributed by atoms with E-state index < -0.39 is 23.5 Å². The summed E-state index contributed by atoms with van der Waals surface area (Å²) in [7, 11) is 0. The fourth-order valence-corrected chi connectivity index (χ4v) is 3.02. The van der Waals surface area contributed by atoms with Crippen LogP contribution < -0.4 is 0 Å². The molecule has 1 aromatic carbocycles. The molecule has 7 nitrogen and oxygen atoms in total. The highest BCUT2D eigenvalue weighted by Crippen LogP contribution is 2.23. The van der Waals surface area contributed by atoms with Gasteiger partial charge in [0.1, 0.15) is 11.6 Å². The van der Waals surface area contributed by atoms with Crippen molar-refractivity contribution in [2.45, 2.75) is 45.6 Å². The second kappa shape index (κ2) is 8.26. The van der Waals surface area contributed by atoms with Crippen molar-refractivity contribution in [2.75, 3.05) is 13.1 Å². The first-order valence-corrected chi connectivity index (χ1v) is 9.39. The molecule has 0 unspecified atom stereocenters. The van der Waals surface area contributed by atoms with Crippen molar-refractivity contribution in [1.82, 2.24) is 15.0 Å². The summed E-state index contributed by atoms with van der Waals surface area (Å²) < 4.78 is 37.2. The monoisotopic (exact) mass is 407 g/mol. The van der Waals surface area contributed by atoms with E-state index >= 15 is 0 Å². The van der Waals surface area contributed by atoms with E-state index in [1.807, 2.05) is 20.8 Å². The van der Waals surface area contributed by atoms with Gasteiger partial charge in [0.05, 0.1) is 11.5 Å². The SMILES string of the molecule is CC(C)(C)c1noc(COC(=O)C2CCN(C(=O)c3ccc(F)cc3F)CC2)n1. The molecule has 0 atom stereocenters. The van der Waals surface area contributed by atoms with Crippen molar-refractivity contribution in [3.63, 3.8) is 0 Å². The Morgan fingerprint density at radius 3 is 2.52 bits per heavy atom. The zero-order chi connectivity index (χ0) is 21.2. The maximum absolute atomic E-state index is 13.8. The lowest BCUT2D eigenvalue weighted by molar-refractivity contribution is -0.152. The summed E-state index contributed by atoms with van der Waals surface area (Å²) >= 11 is 0. The average Bonchev–Trinajstić information content (AvgIpc) is 3.15. The number of amides is 1. The van der Waals surface area contributed by atoms with E-state index in [0.717, 1.165) is 12.1 Å². The van der Waals surface area contributed by atoms with Gasteiger partial charge in [-0.25, -0.2) is 8.78 Å². The number of aromatic nitrogens is 2. The van der Waals surface area contributed by atoms with Gasteiger partial charge in [0.25, 0.3) is 11.8 Å². The Hall–Kier alpha value is -2.84. The lowest BCUT2D eigenvalue weighted by Gasteiger charge is -2.31. The number of rotatable bonds is 4. The van der Waals surface area contributed by atoms with Crippen LogP contribution in [0.25, 0.3) is 0 Å². The first-order chi connectivity index (χ1) is 13.6. The quantitative estimate of drug-likeness (QED) is 0.724. The minimum Gasteiger partial charge on any atom is -0.455 e. The fraction of sp³-hybridized carbons (Fsp3) is 0.500. The average molecular weight is 407 g/mol. The Kier molecular flexibility index (Phi) is 5.95. The highest BCUT2D eigenvalue weighted by Gasteiger charge is 2.30. The second-order valence-corrected chi connectivity index (χ2v) is 8.06. The number of hydrogen-bond donors (Lipinski definition) is 0. The molecule has 9 heteroatoms. The number of nitrogens with zero attached hydrogens (tertiary/aromatic N) is 3. The van der Waals surface area contributed by atoms with Crippen LogP contribution in [0.15, 0.2) is 22.7 Å². The predicted molar refractivity (Wildman–Crippen MR) is 97.8 cm³/mol. The summed E-state index contributed by atoms with van der Waals surface area (Å²) in [5.41, 5.74) is -0.451. The van der Waals surface area contributed by atoms with Crippen molar-refractivity contribution in [3.8, 4) is 0 Å². The van der Waals surface area contributed by atoms with Gasteiger partial charge < -0.3 is 14.2 Å². The van der Waals surface area contributed by atoms with Crippen molar-refractivity contribution >= 4 is 11.9 Å². The van der Waals surface area contributed by atoms with Gasteiger partial charge >= 0.3 is 5.97 Å². The Labute approximate surface area is 167 Å². The van der Waals surface area contributed by atoms with Crippen LogP contribution >= 0.6 is 0 Å². The minimum absolute atomic E-state index is 0.109. The van der Waals surface area contributed by atoms with Crippen molar-refractivity contribution in [2.24, 2.45) is 5.92 Å². The number of hydrogen-bond acceptors (Lipinski definition) is 6. The summed E-state index contributed by atoms with van der Waals surface area (Å²) in [6.45, 7) is 6.29. The van der Waals surface area contributed by atoms with Crippen LogP contribution in [0.2, 0.25) is 0 Å². The van der Waals surface area contributed by atoms with Gasteiger partial charge in [-0.15, -0.1) is 0 Å². The van der Waals surface area contributed by atoms with Crippen molar-refractivity contribution in [3.05, 3.63) is 47.1 Å². The van der Waals surface area contributed by atoms with Gasteiger partial charge in [0.2, 0.25) is 0 Å². The zero-order valence-corrected chi connectivity index (χ0v) is 16.6. The molecule has 2 aromatic rings. The number of benzene rings is 1. The molecule has 0 aliphatic carbocycles. The third-order valence-corrected chi connectivity index (χ3v) is 4.75. The van der Waals surface area contributed by atoms with E-state index in [1.54, 1.807) is 0 Å². The Balaban J connectivity index is 1.50. The van der Waals surface area contributed by atoms with Gasteiger partial charge in [0.15, 0.2) is 12.4 Å². The molecule has 0 saturated carbocycles. The van der Waals surface area contributed by atoms with Gasteiger partial charge in [-0.2, -0.15) is 4.98 Å². The fourth-order valence-electron chi connectivity index (χ4n) is 3.02. The van der Waals surface area contributed by atoms with Gasteiger partial charge in [-0.3, -0.25) is 9.59 Å². The Morgan fingerprint density at radius 1 is 1.24 bits per heavy atom. The van der Waals surface area contributed by atoms with Gasteiger partial charge in [-0.05, 0) is 25.0 Å². The molecule has 29 heavy (non-hydrogen) atoms. The van der Waals surface area contributed by atoms with Crippen molar-refractivity contribution in [1.29, 1.82) is 0 Å². The van der Waals surface area contributed by atoms with E-state index in [2.05, 4.69) is 10.1 Å². The zero-order valence-electron chi connectivity index (χ0n) is 16.6. The van der Waals surface area contributed by atoms with Crippen LogP contribution in [0.1, 0.15) is 55.7 Å². The normalized spacial score (nSPS) is 15.4. The summed E-state index contributed by atoms with van der Waals surface area (Å²) in [6.07, 6.45) is 0.787. The third-order valence-electron chi connectivity index (χ3n) is 4.75. The van der Waals surface area contributed by atoms with E-state index in [4.69, 9.17) is 9.26 Å². The molecule has 0 spiro atoms. The molecule has 0 radical (unpaired) electrons. The second-order valence-electron chi connectivity index (χ2n) is 8.06. The molecule has 156 valence electrons. The Bertz CT molecular complexity index is 899. The number of carbonyl (C=O) groups excluding carboxylic acids is 2. The smallest absolute Gasteiger partial charge is 0.309 e. The number of halogens is 2. The van der Waals surface area contributed by atoms with Crippen LogP contribution in [0.4, 0.5) is 8.78 Å². The molecule has 1 amide bonds. The number of piperidine rings is 1. The third kappa shape index (κ3) is 4.96. The Morgan fingerprint density at radius 2 is 1.93 bits per heavy atom. The number of esters is 1. The first kappa shape index (κ1) is 20.9. The summed E-state index contributed by atoms with van der Waals surface area (Å²) in [6, 6.07) is 2.85. The minimum atomic E-state index is -0.897. The maximum Gasteiger partial charge on any atom is 0.309 e. The summed E-state index contributed by atoms with van der Waals surface area (Å²) in [5.74, 6) is -2.18. The molecule has 1 aliphatic rings. The van der Waals surface area contributed by atoms with E-state index in [1.165, 1.54) is 4.90 Å². The van der Waals surface area contributed by atoms with Crippen molar-refractivity contribution < 1.29 is 27.6 Å². The number of likely N-dealkylation sites (tertiary alicyclic amines) is 1.